The van der Waals surface area contributed by atoms with E-state index in [4.69, 9.17) is 14.2 Å². The molecular formula is C23H28N2O6. The van der Waals surface area contributed by atoms with Crippen LogP contribution in [0.5, 0.6) is 11.5 Å². The number of benzene rings is 1. The standard InChI is InChI=1S/C23H28N2O6/c1-15-13-17(30-14-16-7-4-3-5-8-16)9-6-10-18(23(28)31-15)25-22(27)20-21(26)19(29-2)11-12-24-20/h3-5,7-8,11-12,15,17-18,26H,6,9-10,13-14H2,1-2H3,(H,25,27)/t15?,17?,18-/m0/s1. The molecule has 0 bridgehead atoms. The van der Waals surface area contributed by atoms with E-state index in [1.165, 1.54) is 19.4 Å². The van der Waals surface area contributed by atoms with E-state index in [2.05, 4.69) is 10.3 Å². The molecular weight excluding hydrogens is 400 g/mol. The van der Waals surface area contributed by atoms with Crippen LogP contribution in [-0.2, 0) is 20.9 Å². The van der Waals surface area contributed by atoms with E-state index in [9.17, 15) is 14.7 Å². The number of methoxy groups -OCH3 is 1. The quantitative estimate of drug-likeness (QED) is 0.681. The van der Waals surface area contributed by atoms with Crippen LogP contribution in [0.1, 0.15) is 48.7 Å². The van der Waals surface area contributed by atoms with Crippen molar-refractivity contribution in [3.8, 4) is 11.5 Å². The van der Waals surface area contributed by atoms with Crippen LogP contribution < -0.4 is 10.1 Å². The van der Waals surface area contributed by atoms with Crippen LogP contribution in [0.25, 0.3) is 0 Å². The molecule has 2 heterocycles. The summed E-state index contributed by atoms with van der Waals surface area (Å²) < 4.78 is 16.6. The van der Waals surface area contributed by atoms with E-state index >= 15 is 0 Å². The topological polar surface area (TPSA) is 107 Å². The Morgan fingerprint density at radius 2 is 2.03 bits per heavy atom. The predicted molar refractivity (Wildman–Crippen MR) is 113 cm³/mol. The van der Waals surface area contributed by atoms with Gasteiger partial charge in [-0.05, 0) is 31.7 Å². The third-order valence-electron chi connectivity index (χ3n) is 5.17. The molecule has 166 valence electrons. The Labute approximate surface area is 181 Å². The number of cyclic esters (lactones) is 1. The summed E-state index contributed by atoms with van der Waals surface area (Å²) in [6.07, 6.45) is 3.33. The molecule has 0 aliphatic carbocycles. The van der Waals surface area contributed by atoms with Crippen LogP contribution in [0, 0.1) is 0 Å². The number of hydrogen-bond acceptors (Lipinski definition) is 7. The van der Waals surface area contributed by atoms with Gasteiger partial charge in [0.1, 0.15) is 12.1 Å². The summed E-state index contributed by atoms with van der Waals surface area (Å²) in [5.41, 5.74) is 0.881. The van der Waals surface area contributed by atoms with E-state index in [1.54, 1.807) is 0 Å². The molecule has 0 spiro atoms. The zero-order valence-electron chi connectivity index (χ0n) is 17.7. The largest absolute Gasteiger partial charge is 0.503 e. The summed E-state index contributed by atoms with van der Waals surface area (Å²) in [4.78, 5) is 29.1. The number of amides is 1. The number of pyridine rings is 1. The molecule has 3 atom stereocenters. The van der Waals surface area contributed by atoms with Gasteiger partial charge < -0.3 is 24.6 Å². The van der Waals surface area contributed by atoms with Gasteiger partial charge in [0.05, 0.1) is 19.8 Å². The first-order valence-electron chi connectivity index (χ1n) is 10.4. The monoisotopic (exact) mass is 428 g/mol. The van der Waals surface area contributed by atoms with Crippen LogP contribution in [0.3, 0.4) is 0 Å². The first-order chi connectivity index (χ1) is 15.0. The van der Waals surface area contributed by atoms with Crippen molar-refractivity contribution < 1.29 is 28.9 Å². The molecule has 1 aliphatic heterocycles. The van der Waals surface area contributed by atoms with E-state index in [0.29, 0.717) is 25.9 Å². The SMILES string of the molecule is COc1ccnc(C(=O)N[C@H]2CCCC(OCc3ccccc3)CC(C)OC2=O)c1O. The second-order valence-electron chi connectivity index (χ2n) is 7.57. The van der Waals surface area contributed by atoms with Crippen LogP contribution >= 0.6 is 0 Å². The number of nitrogens with zero attached hydrogens (tertiary/aromatic N) is 1. The first-order valence-corrected chi connectivity index (χ1v) is 10.4. The number of aromatic hydroxyl groups is 1. The summed E-state index contributed by atoms with van der Waals surface area (Å²) in [5.74, 6) is -1.42. The lowest BCUT2D eigenvalue weighted by Crippen LogP contribution is -2.42. The zero-order valence-corrected chi connectivity index (χ0v) is 17.7. The summed E-state index contributed by atoms with van der Waals surface area (Å²) in [6.45, 7) is 2.31. The maximum Gasteiger partial charge on any atom is 0.328 e. The number of rotatable bonds is 6. The molecule has 2 N–H and O–H groups in total. The molecule has 31 heavy (non-hydrogen) atoms. The third-order valence-corrected chi connectivity index (χ3v) is 5.17. The van der Waals surface area contributed by atoms with Crippen molar-refractivity contribution in [3.63, 3.8) is 0 Å². The van der Waals surface area contributed by atoms with E-state index in [-0.39, 0.29) is 29.4 Å². The molecule has 0 radical (unpaired) electrons. The number of aromatic nitrogens is 1. The van der Waals surface area contributed by atoms with Gasteiger partial charge in [0.15, 0.2) is 17.2 Å². The summed E-state index contributed by atoms with van der Waals surface area (Å²) >= 11 is 0. The molecule has 1 aromatic carbocycles. The highest BCUT2D eigenvalue weighted by Crippen LogP contribution is 2.27. The lowest BCUT2D eigenvalue weighted by molar-refractivity contribution is -0.151. The molecule has 1 fully saturated rings. The smallest absolute Gasteiger partial charge is 0.328 e. The van der Waals surface area contributed by atoms with Gasteiger partial charge in [-0.15, -0.1) is 0 Å². The number of ether oxygens (including phenoxy) is 3. The van der Waals surface area contributed by atoms with Crippen molar-refractivity contribution >= 4 is 11.9 Å². The fourth-order valence-corrected chi connectivity index (χ4v) is 3.55. The minimum Gasteiger partial charge on any atom is -0.503 e. The average Bonchev–Trinajstić information content (AvgIpc) is 2.82. The van der Waals surface area contributed by atoms with Gasteiger partial charge in [-0.2, -0.15) is 0 Å². The van der Waals surface area contributed by atoms with Crippen molar-refractivity contribution in [2.75, 3.05) is 7.11 Å². The van der Waals surface area contributed by atoms with Crippen molar-refractivity contribution in [1.82, 2.24) is 10.3 Å². The molecule has 0 saturated carbocycles. The minimum absolute atomic E-state index is 0.0541. The Hall–Kier alpha value is -3.13. The molecule has 2 aromatic rings. The van der Waals surface area contributed by atoms with Crippen molar-refractivity contribution in [2.24, 2.45) is 0 Å². The molecule has 8 nitrogen and oxygen atoms in total. The predicted octanol–water partition coefficient (Wildman–Crippen LogP) is 2.99. The number of hydrogen-bond donors (Lipinski definition) is 2. The second kappa shape index (κ2) is 10.8. The van der Waals surface area contributed by atoms with E-state index < -0.39 is 17.9 Å². The van der Waals surface area contributed by atoms with Crippen LogP contribution in [0.2, 0.25) is 0 Å². The molecule has 8 heteroatoms. The van der Waals surface area contributed by atoms with Gasteiger partial charge >= 0.3 is 5.97 Å². The van der Waals surface area contributed by atoms with Gasteiger partial charge in [-0.25, -0.2) is 9.78 Å². The van der Waals surface area contributed by atoms with Gasteiger partial charge in [0.2, 0.25) is 0 Å². The van der Waals surface area contributed by atoms with Crippen molar-refractivity contribution in [2.45, 2.75) is 57.5 Å². The molecule has 1 amide bonds. The first kappa shape index (κ1) is 22.6. The van der Waals surface area contributed by atoms with Gasteiger partial charge in [-0.1, -0.05) is 30.3 Å². The molecule has 1 aromatic heterocycles. The van der Waals surface area contributed by atoms with Crippen LogP contribution in [0.4, 0.5) is 0 Å². The highest BCUT2D eigenvalue weighted by Gasteiger charge is 2.29. The maximum absolute atomic E-state index is 12.6. The Bertz CT molecular complexity index is 889. The Morgan fingerprint density at radius 1 is 1.26 bits per heavy atom. The summed E-state index contributed by atoms with van der Waals surface area (Å²) in [6, 6.07) is 10.5. The number of carbonyl (C=O) groups is 2. The molecule has 1 aliphatic rings. The normalized spacial score (nSPS) is 21.9. The number of esters is 1. The summed E-state index contributed by atoms with van der Waals surface area (Å²) in [5, 5.41) is 12.8. The average molecular weight is 428 g/mol. The van der Waals surface area contributed by atoms with Crippen LogP contribution in [-0.4, -0.2) is 47.3 Å². The Balaban J connectivity index is 1.62. The zero-order chi connectivity index (χ0) is 22.2. The van der Waals surface area contributed by atoms with E-state index in [1.807, 2.05) is 37.3 Å². The van der Waals surface area contributed by atoms with E-state index in [0.717, 1.165) is 12.0 Å². The van der Waals surface area contributed by atoms with Crippen molar-refractivity contribution in [1.29, 1.82) is 0 Å². The molecule has 2 unspecified atom stereocenters. The van der Waals surface area contributed by atoms with Crippen LogP contribution in [0.15, 0.2) is 42.6 Å². The minimum atomic E-state index is -0.838. The highest BCUT2D eigenvalue weighted by molar-refractivity contribution is 5.97. The molecule has 1 saturated heterocycles. The maximum atomic E-state index is 12.6. The van der Waals surface area contributed by atoms with Crippen molar-refractivity contribution in [3.05, 3.63) is 53.9 Å². The Morgan fingerprint density at radius 3 is 2.77 bits per heavy atom. The lowest BCUT2D eigenvalue weighted by atomic mass is 10.0. The highest BCUT2D eigenvalue weighted by atomic mass is 16.5. The molecule has 3 rings (SSSR count). The van der Waals surface area contributed by atoms with Gasteiger partial charge in [-0.3, -0.25) is 4.79 Å². The number of nitrogens with one attached hydrogen (secondary N) is 1. The third kappa shape index (κ3) is 6.18. The van der Waals surface area contributed by atoms with Gasteiger partial charge in [0, 0.05) is 18.7 Å². The fourth-order valence-electron chi connectivity index (χ4n) is 3.55. The fraction of sp³-hybridized carbons (Fsp3) is 0.435. The van der Waals surface area contributed by atoms with Gasteiger partial charge in [0.25, 0.3) is 5.91 Å². The Kier molecular flexibility index (Phi) is 7.83. The number of carbonyl (C=O) groups excluding carboxylic acids is 2. The second-order valence-corrected chi connectivity index (χ2v) is 7.57. The summed E-state index contributed by atoms with van der Waals surface area (Å²) in [7, 11) is 1.38. The lowest BCUT2D eigenvalue weighted by Gasteiger charge is -2.21.